The van der Waals surface area contributed by atoms with Gasteiger partial charge in [0.05, 0.1) is 10.7 Å². The van der Waals surface area contributed by atoms with E-state index in [2.05, 4.69) is 39.7 Å². The van der Waals surface area contributed by atoms with Crippen LogP contribution in [-0.4, -0.2) is 23.1 Å². The van der Waals surface area contributed by atoms with E-state index in [4.69, 9.17) is 18.0 Å². The molecule has 0 bridgehead atoms. The van der Waals surface area contributed by atoms with E-state index >= 15 is 0 Å². The molecule has 1 aromatic rings. The van der Waals surface area contributed by atoms with Crippen molar-refractivity contribution in [3.8, 4) is 0 Å². The van der Waals surface area contributed by atoms with Crippen molar-refractivity contribution in [2.75, 3.05) is 18.0 Å². The summed E-state index contributed by atoms with van der Waals surface area (Å²) < 4.78 is 1.03. The molecule has 1 aromatic heterocycles. The summed E-state index contributed by atoms with van der Waals surface area (Å²) in [5, 5.41) is 0. The van der Waals surface area contributed by atoms with E-state index < -0.39 is 0 Å². The summed E-state index contributed by atoms with van der Waals surface area (Å²) in [7, 11) is 0. The predicted octanol–water partition coefficient (Wildman–Crippen LogP) is 3.29. The molecule has 0 saturated heterocycles. The van der Waals surface area contributed by atoms with Crippen LogP contribution in [0.3, 0.4) is 0 Å². The maximum absolute atomic E-state index is 5.58. The molecule has 0 saturated carbocycles. The van der Waals surface area contributed by atoms with Gasteiger partial charge in [-0.05, 0) is 40.9 Å². The molecule has 5 heteroatoms. The molecular weight excluding hydrogens is 310 g/mol. The first kappa shape index (κ1) is 15.4. The van der Waals surface area contributed by atoms with Crippen molar-refractivity contribution in [3.05, 3.63) is 22.3 Å². The third kappa shape index (κ3) is 4.90. The zero-order chi connectivity index (χ0) is 13.7. The molecule has 2 N–H and O–H groups in total. The van der Waals surface area contributed by atoms with E-state index in [1.807, 2.05) is 19.1 Å². The van der Waals surface area contributed by atoms with Gasteiger partial charge in [0.15, 0.2) is 0 Å². The SMILES string of the molecule is Cc1nc(N(CCC(N)=S)CC(C)C)ccc1Br. The Labute approximate surface area is 123 Å². The van der Waals surface area contributed by atoms with Crippen LogP contribution in [0.25, 0.3) is 0 Å². The van der Waals surface area contributed by atoms with Gasteiger partial charge in [-0.1, -0.05) is 26.1 Å². The lowest BCUT2D eigenvalue weighted by Gasteiger charge is -2.26. The summed E-state index contributed by atoms with van der Waals surface area (Å²) in [5.74, 6) is 1.56. The highest BCUT2D eigenvalue weighted by Crippen LogP contribution is 2.20. The molecule has 0 radical (unpaired) electrons. The molecule has 0 atom stereocenters. The molecule has 0 aliphatic heterocycles. The molecule has 0 aliphatic rings. The van der Waals surface area contributed by atoms with Crippen molar-refractivity contribution in [2.24, 2.45) is 11.7 Å². The number of rotatable bonds is 6. The molecule has 0 aromatic carbocycles. The summed E-state index contributed by atoms with van der Waals surface area (Å²) in [6, 6.07) is 4.06. The second kappa shape index (κ2) is 7.04. The number of aromatic nitrogens is 1. The third-order valence-electron chi connectivity index (χ3n) is 2.54. The number of hydrogen-bond donors (Lipinski definition) is 1. The Hall–Kier alpha value is -0.680. The summed E-state index contributed by atoms with van der Waals surface area (Å²) in [6.07, 6.45) is 0.721. The Morgan fingerprint density at radius 2 is 2.17 bits per heavy atom. The van der Waals surface area contributed by atoms with Crippen molar-refractivity contribution < 1.29 is 0 Å². The zero-order valence-electron chi connectivity index (χ0n) is 11.1. The summed E-state index contributed by atoms with van der Waals surface area (Å²) >= 11 is 8.42. The highest BCUT2D eigenvalue weighted by atomic mass is 79.9. The van der Waals surface area contributed by atoms with Gasteiger partial charge in [0.1, 0.15) is 5.82 Å². The largest absolute Gasteiger partial charge is 0.393 e. The van der Waals surface area contributed by atoms with Gasteiger partial charge in [-0.25, -0.2) is 4.98 Å². The van der Waals surface area contributed by atoms with Gasteiger partial charge in [0.2, 0.25) is 0 Å². The molecule has 100 valence electrons. The van der Waals surface area contributed by atoms with Gasteiger partial charge >= 0.3 is 0 Å². The standard InChI is InChI=1S/C13H20BrN3S/c1-9(2)8-17(7-6-12(15)18)13-5-4-11(14)10(3)16-13/h4-5,9H,6-8H2,1-3H3,(H2,15,18). The van der Waals surface area contributed by atoms with E-state index in [0.29, 0.717) is 10.9 Å². The Bertz CT molecular complexity index is 421. The van der Waals surface area contributed by atoms with Crippen molar-refractivity contribution in [3.63, 3.8) is 0 Å². The van der Waals surface area contributed by atoms with Crippen molar-refractivity contribution >= 4 is 39.0 Å². The highest BCUT2D eigenvalue weighted by molar-refractivity contribution is 9.10. The number of aryl methyl sites for hydroxylation is 1. The number of halogens is 1. The Morgan fingerprint density at radius 3 is 2.67 bits per heavy atom. The van der Waals surface area contributed by atoms with Crippen LogP contribution in [0.15, 0.2) is 16.6 Å². The molecule has 0 unspecified atom stereocenters. The van der Waals surface area contributed by atoms with Gasteiger partial charge in [-0.15, -0.1) is 0 Å². The fourth-order valence-corrected chi connectivity index (χ4v) is 2.00. The number of hydrogen-bond acceptors (Lipinski definition) is 3. The minimum atomic E-state index is 0.553. The van der Waals surface area contributed by atoms with E-state index in [0.717, 1.165) is 35.5 Å². The lowest BCUT2D eigenvalue weighted by molar-refractivity contribution is 0.609. The average molecular weight is 330 g/mol. The summed E-state index contributed by atoms with van der Waals surface area (Å²) in [4.78, 5) is 7.39. The number of anilines is 1. The van der Waals surface area contributed by atoms with Crippen LogP contribution in [0.1, 0.15) is 26.0 Å². The second-order valence-electron chi connectivity index (χ2n) is 4.79. The van der Waals surface area contributed by atoms with Crippen molar-refractivity contribution in [2.45, 2.75) is 27.2 Å². The molecule has 18 heavy (non-hydrogen) atoms. The Balaban J connectivity index is 2.86. The first-order valence-corrected chi connectivity index (χ1v) is 7.26. The summed E-state index contributed by atoms with van der Waals surface area (Å²) in [6.45, 7) is 8.16. The normalized spacial score (nSPS) is 10.7. The first-order valence-electron chi connectivity index (χ1n) is 6.06. The molecular formula is C13H20BrN3S. The number of thiocarbonyl (C=S) groups is 1. The highest BCUT2D eigenvalue weighted by Gasteiger charge is 2.11. The number of nitrogens with zero attached hydrogens (tertiary/aromatic N) is 2. The van der Waals surface area contributed by atoms with E-state index in [1.54, 1.807) is 0 Å². The lowest BCUT2D eigenvalue weighted by Crippen LogP contribution is -2.31. The molecule has 0 aliphatic carbocycles. The quantitative estimate of drug-likeness (QED) is 0.813. The Kier molecular flexibility index (Phi) is 6.02. The number of nitrogens with two attached hydrogens (primary N) is 1. The molecule has 0 amide bonds. The first-order chi connectivity index (χ1) is 8.40. The smallest absolute Gasteiger partial charge is 0.128 e. The van der Waals surface area contributed by atoms with Crippen LogP contribution in [-0.2, 0) is 0 Å². The van der Waals surface area contributed by atoms with E-state index in [-0.39, 0.29) is 0 Å². The van der Waals surface area contributed by atoms with Gasteiger partial charge < -0.3 is 10.6 Å². The van der Waals surface area contributed by atoms with Gasteiger partial charge in [0.25, 0.3) is 0 Å². The summed E-state index contributed by atoms with van der Waals surface area (Å²) in [5.41, 5.74) is 6.58. The van der Waals surface area contributed by atoms with E-state index in [1.165, 1.54) is 0 Å². The van der Waals surface area contributed by atoms with E-state index in [9.17, 15) is 0 Å². The zero-order valence-corrected chi connectivity index (χ0v) is 13.5. The van der Waals surface area contributed by atoms with Crippen molar-refractivity contribution in [1.82, 2.24) is 4.98 Å². The van der Waals surface area contributed by atoms with Crippen LogP contribution in [0.5, 0.6) is 0 Å². The van der Waals surface area contributed by atoms with Gasteiger partial charge in [-0.2, -0.15) is 0 Å². The molecule has 0 fully saturated rings. The van der Waals surface area contributed by atoms with Crippen LogP contribution in [0, 0.1) is 12.8 Å². The maximum Gasteiger partial charge on any atom is 0.128 e. The molecule has 3 nitrogen and oxygen atoms in total. The second-order valence-corrected chi connectivity index (χ2v) is 6.17. The third-order valence-corrected chi connectivity index (χ3v) is 3.59. The molecule has 0 spiro atoms. The average Bonchev–Trinajstić information content (AvgIpc) is 2.27. The predicted molar refractivity (Wildman–Crippen MR) is 85.1 cm³/mol. The topological polar surface area (TPSA) is 42.2 Å². The monoisotopic (exact) mass is 329 g/mol. The van der Waals surface area contributed by atoms with Gasteiger partial charge in [-0.3, -0.25) is 0 Å². The van der Waals surface area contributed by atoms with Crippen LogP contribution < -0.4 is 10.6 Å². The van der Waals surface area contributed by atoms with Crippen LogP contribution in [0.4, 0.5) is 5.82 Å². The lowest BCUT2D eigenvalue weighted by atomic mass is 10.2. The minimum absolute atomic E-state index is 0.553. The number of pyridine rings is 1. The Morgan fingerprint density at radius 1 is 1.50 bits per heavy atom. The van der Waals surface area contributed by atoms with Gasteiger partial charge in [0, 0.05) is 24.0 Å². The van der Waals surface area contributed by atoms with Crippen molar-refractivity contribution in [1.29, 1.82) is 0 Å². The minimum Gasteiger partial charge on any atom is -0.393 e. The maximum atomic E-state index is 5.58. The molecule has 1 rings (SSSR count). The van der Waals surface area contributed by atoms with Crippen LogP contribution >= 0.6 is 28.1 Å². The fourth-order valence-electron chi connectivity index (χ4n) is 1.69. The fraction of sp³-hybridized carbons (Fsp3) is 0.538. The molecule has 1 heterocycles. The van der Waals surface area contributed by atoms with Crippen LogP contribution in [0.2, 0.25) is 0 Å².